The fraction of sp³-hybridized carbons (Fsp3) is 0.938. The van der Waals surface area contributed by atoms with Crippen LogP contribution in [0, 0.1) is 11.3 Å². The van der Waals surface area contributed by atoms with Crippen LogP contribution in [0.5, 0.6) is 0 Å². The van der Waals surface area contributed by atoms with Crippen molar-refractivity contribution in [2.24, 2.45) is 11.3 Å². The molecule has 0 radical (unpaired) electrons. The van der Waals surface area contributed by atoms with Crippen LogP contribution in [-0.4, -0.2) is 36.8 Å². The summed E-state index contributed by atoms with van der Waals surface area (Å²) < 4.78 is 0. The maximum absolute atomic E-state index is 12.0. The zero-order valence-corrected chi connectivity index (χ0v) is 13.4. The van der Waals surface area contributed by atoms with Crippen LogP contribution in [0.25, 0.3) is 0 Å². The molecule has 1 rings (SSSR count). The van der Waals surface area contributed by atoms with Gasteiger partial charge in [-0.05, 0) is 32.1 Å². The molecule has 20 heavy (non-hydrogen) atoms. The summed E-state index contributed by atoms with van der Waals surface area (Å²) in [4.78, 5) is 12.0. The van der Waals surface area contributed by atoms with Crippen molar-refractivity contribution in [1.29, 1.82) is 0 Å². The van der Waals surface area contributed by atoms with E-state index < -0.39 is 0 Å². The average Bonchev–Trinajstić information content (AvgIpc) is 2.45. The van der Waals surface area contributed by atoms with Crippen LogP contribution >= 0.6 is 0 Å². The smallest absolute Gasteiger partial charge is 0.236 e. The molecule has 1 aliphatic rings. The first kappa shape index (κ1) is 17.4. The maximum atomic E-state index is 12.0. The van der Waals surface area contributed by atoms with E-state index in [-0.39, 0.29) is 24.0 Å². The van der Waals surface area contributed by atoms with Crippen LogP contribution in [0.15, 0.2) is 0 Å². The second-order valence-electron chi connectivity index (χ2n) is 6.79. The van der Waals surface area contributed by atoms with Gasteiger partial charge in [-0.15, -0.1) is 0 Å². The predicted molar refractivity (Wildman–Crippen MR) is 82.5 cm³/mol. The number of aliphatic hydroxyl groups excluding tert-OH is 1. The van der Waals surface area contributed by atoms with E-state index in [0.717, 1.165) is 32.4 Å². The largest absolute Gasteiger partial charge is 0.396 e. The number of carbonyl (C=O) groups is 1. The van der Waals surface area contributed by atoms with E-state index in [9.17, 15) is 9.90 Å². The Morgan fingerprint density at radius 3 is 2.40 bits per heavy atom. The van der Waals surface area contributed by atoms with Crippen LogP contribution < -0.4 is 10.6 Å². The van der Waals surface area contributed by atoms with Gasteiger partial charge in [-0.1, -0.05) is 33.1 Å². The van der Waals surface area contributed by atoms with E-state index in [1.807, 2.05) is 6.92 Å². The molecule has 4 heteroatoms. The number of amides is 1. The zero-order valence-electron chi connectivity index (χ0n) is 13.4. The van der Waals surface area contributed by atoms with Gasteiger partial charge in [0, 0.05) is 25.1 Å². The van der Waals surface area contributed by atoms with Crippen molar-refractivity contribution in [3.63, 3.8) is 0 Å². The molecule has 0 spiro atoms. The van der Waals surface area contributed by atoms with Crippen molar-refractivity contribution in [2.45, 2.75) is 65.3 Å². The Labute approximate surface area is 123 Å². The van der Waals surface area contributed by atoms with Crippen LogP contribution in [0.1, 0.15) is 59.3 Å². The summed E-state index contributed by atoms with van der Waals surface area (Å²) in [6, 6.07) is -0.187. The van der Waals surface area contributed by atoms with Crippen molar-refractivity contribution in [3.8, 4) is 0 Å². The van der Waals surface area contributed by atoms with Crippen LogP contribution in [0.3, 0.4) is 0 Å². The number of hydrogen-bond acceptors (Lipinski definition) is 3. The third-order valence-corrected chi connectivity index (χ3v) is 4.45. The highest BCUT2D eigenvalue weighted by atomic mass is 16.3. The lowest BCUT2D eigenvalue weighted by molar-refractivity contribution is -0.123. The van der Waals surface area contributed by atoms with Gasteiger partial charge < -0.3 is 15.7 Å². The fourth-order valence-corrected chi connectivity index (χ4v) is 2.79. The van der Waals surface area contributed by atoms with E-state index in [4.69, 9.17) is 0 Å². The highest BCUT2D eigenvalue weighted by Crippen LogP contribution is 2.35. The quantitative estimate of drug-likeness (QED) is 0.639. The second-order valence-corrected chi connectivity index (χ2v) is 6.79. The Balaban J connectivity index is 2.29. The van der Waals surface area contributed by atoms with Gasteiger partial charge in [0.25, 0.3) is 0 Å². The lowest BCUT2D eigenvalue weighted by atomic mass is 9.74. The molecule has 4 nitrogen and oxygen atoms in total. The average molecular weight is 284 g/mol. The lowest BCUT2D eigenvalue weighted by Gasteiger charge is -2.36. The molecule has 1 amide bonds. The number of carbonyl (C=O) groups excluding carboxylic acids is 1. The Morgan fingerprint density at radius 1 is 1.20 bits per heavy atom. The summed E-state index contributed by atoms with van der Waals surface area (Å²) >= 11 is 0. The third kappa shape index (κ3) is 5.80. The molecule has 118 valence electrons. The van der Waals surface area contributed by atoms with Crippen LogP contribution in [0.2, 0.25) is 0 Å². The topological polar surface area (TPSA) is 61.4 Å². The predicted octanol–water partition coefficient (Wildman–Crippen LogP) is 2.07. The number of nitrogens with one attached hydrogen (secondary N) is 2. The second kappa shape index (κ2) is 8.63. The molecule has 1 saturated carbocycles. The van der Waals surface area contributed by atoms with E-state index in [0.29, 0.717) is 5.92 Å². The van der Waals surface area contributed by atoms with Crippen molar-refractivity contribution in [3.05, 3.63) is 0 Å². The minimum Gasteiger partial charge on any atom is -0.396 e. The third-order valence-electron chi connectivity index (χ3n) is 4.45. The standard InChI is InChI=1S/C16H32N2O2/c1-13(2)7-10-17-15(20)14(3)18-11-16(12-19)8-5-4-6-9-16/h13-14,18-19H,4-12H2,1-3H3,(H,17,20). The first-order valence-electron chi connectivity index (χ1n) is 8.11. The summed E-state index contributed by atoms with van der Waals surface area (Å²) in [5.41, 5.74) is -0.00920. The van der Waals surface area contributed by atoms with E-state index >= 15 is 0 Å². The fourth-order valence-electron chi connectivity index (χ4n) is 2.79. The monoisotopic (exact) mass is 284 g/mol. The van der Waals surface area contributed by atoms with Gasteiger partial charge >= 0.3 is 0 Å². The van der Waals surface area contributed by atoms with Crippen molar-refractivity contribution < 1.29 is 9.90 Å². The summed E-state index contributed by atoms with van der Waals surface area (Å²) in [5, 5.41) is 15.9. The molecule has 0 aliphatic heterocycles. The Bertz CT molecular complexity index is 286. The van der Waals surface area contributed by atoms with E-state index in [2.05, 4.69) is 24.5 Å². The number of aliphatic hydroxyl groups is 1. The molecule has 0 saturated heterocycles. The first-order chi connectivity index (χ1) is 9.49. The van der Waals surface area contributed by atoms with Crippen molar-refractivity contribution in [2.75, 3.05) is 19.7 Å². The molecule has 0 heterocycles. The summed E-state index contributed by atoms with van der Waals surface area (Å²) in [5.74, 6) is 0.674. The molecule has 0 aromatic rings. The van der Waals surface area contributed by atoms with Gasteiger partial charge in [0.2, 0.25) is 5.91 Å². The summed E-state index contributed by atoms with van der Waals surface area (Å²) in [6.45, 7) is 7.92. The molecular weight excluding hydrogens is 252 g/mol. The van der Waals surface area contributed by atoms with Gasteiger partial charge in [0.05, 0.1) is 6.04 Å². The minimum absolute atomic E-state index is 0.00920. The van der Waals surface area contributed by atoms with Gasteiger partial charge in [-0.25, -0.2) is 0 Å². The van der Waals surface area contributed by atoms with E-state index in [1.54, 1.807) is 0 Å². The molecule has 0 aromatic heterocycles. The first-order valence-corrected chi connectivity index (χ1v) is 8.11. The Morgan fingerprint density at radius 2 is 1.85 bits per heavy atom. The number of rotatable bonds is 8. The Hall–Kier alpha value is -0.610. The molecule has 1 aliphatic carbocycles. The normalized spacial score (nSPS) is 19.9. The SMILES string of the molecule is CC(C)CCNC(=O)C(C)NCC1(CO)CCCCC1. The Kier molecular flexibility index (Phi) is 7.52. The van der Waals surface area contributed by atoms with Gasteiger partial charge in [-0.3, -0.25) is 4.79 Å². The highest BCUT2D eigenvalue weighted by molar-refractivity contribution is 5.81. The zero-order chi connectivity index (χ0) is 15.0. The van der Waals surface area contributed by atoms with Gasteiger partial charge in [0.1, 0.15) is 0 Å². The van der Waals surface area contributed by atoms with Gasteiger partial charge in [-0.2, -0.15) is 0 Å². The molecule has 3 N–H and O–H groups in total. The minimum atomic E-state index is -0.187. The molecule has 1 fully saturated rings. The molecule has 1 unspecified atom stereocenters. The summed E-state index contributed by atoms with van der Waals surface area (Å²) in [6.07, 6.45) is 6.80. The van der Waals surface area contributed by atoms with Crippen molar-refractivity contribution >= 4 is 5.91 Å². The van der Waals surface area contributed by atoms with Gasteiger partial charge in [0.15, 0.2) is 0 Å². The molecule has 0 bridgehead atoms. The highest BCUT2D eigenvalue weighted by Gasteiger charge is 2.31. The van der Waals surface area contributed by atoms with Crippen LogP contribution in [-0.2, 0) is 4.79 Å². The summed E-state index contributed by atoms with van der Waals surface area (Å²) in [7, 11) is 0. The molecule has 1 atom stereocenters. The van der Waals surface area contributed by atoms with Crippen LogP contribution in [0.4, 0.5) is 0 Å². The lowest BCUT2D eigenvalue weighted by Crippen LogP contribution is -2.48. The van der Waals surface area contributed by atoms with E-state index in [1.165, 1.54) is 19.3 Å². The molecular formula is C16H32N2O2. The molecule has 0 aromatic carbocycles. The number of hydrogen-bond donors (Lipinski definition) is 3. The maximum Gasteiger partial charge on any atom is 0.236 e. The van der Waals surface area contributed by atoms with Crippen molar-refractivity contribution in [1.82, 2.24) is 10.6 Å².